The third-order valence-corrected chi connectivity index (χ3v) is 3.43. The summed E-state index contributed by atoms with van der Waals surface area (Å²) in [6, 6.07) is 12.2. The molecule has 0 amide bonds. The van der Waals surface area contributed by atoms with Crippen LogP contribution in [0.25, 0.3) is 0 Å². The Kier molecular flexibility index (Phi) is 4.69. The molecule has 1 aromatic heterocycles. The van der Waals surface area contributed by atoms with Crippen LogP contribution >= 0.6 is 0 Å². The van der Waals surface area contributed by atoms with Gasteiger partial charge < -0.3 is 14.8 Å². The first kappa shape index (κ1) is 13.9. The van der Waals surface area contributed by atoms with E-state index in [9.17, 15) is 0 Å². The number of nitrogens with one attached hydrogen (secondary N) is 1. The molecule has 1 aliphatic heterocycles. The summed E-state index contributed by atoms with van der Waals surface area (Å²) in [7, 11) is 0. The van der Waals surface area contributed by atoms with E-state index in [1.165, 1.54) is 5.56 Å². The minimum Gasteiger partial charge on any atom is -0.490 e. The molecule has 1 N–H and O–H groups in total. The molecule has 0 bridgehead atoms. The van der Waals surface area contributed by atoms with E-state index in [0.29, 0.717) is 0 Å². The minimum absolute atomic E-state index is 0.726. The van der Waals surface area contributed by atoms with Gasteiger partial charge in [-0.2, -0.15) is 0 Å². The van der Waals surface area contributed by atoms with E-state index in [1.807, 2.05) is 24.4 Å². The average molecular weight is 284 g/mol. The van der Waals surface area contributed by atoms with Gasteiger partial charge in [0.1, 0.15) is 0 Å². The maximum Gasteiger partial charge on any atom is 0.161 e. The van der Waals surface area contributed by atoms with Gasteiger partial charge in [0.05, 0.1) is 13.2 Å². The van der Waals surface area contributed by atoms with Crippen LogP contribution in [0.3, 0.4) is 0 Å². The second-order valence-electron chi connectivity index (χ2n) is 5.08. The smallest absolute Gasteiger partial charge is 0.161 e. The Labute approximate surface area is 125 Å². The van der Waals surface area contributed by atoms with Crippen molar-refractivity contribution >= 4 is 0 Å². The van der Waals surface area contributed by atoms with Gasteiger partial charge in [0.2, 0.25) is 0 Å². The molecule has 4 heteroatoms. The summed E-state index contributed by atoms with van der Waals surface area (Å²) < 4.78 is 11.3. The number of nitrogens with zero attached hydrogens (tertiary/aromatic N) is 1. The van der Waals surface area contributed by atoms with Crippen LogP contribution in [0, 0.1) is 0 Å². The van der Waals surface area contributed by atoms with Crippen molar-refractivity contribution in [2.24, 2.45) is 0 Å². The fraction of sp³-hybridized carbons (Fsp3) is 0.353. The van der Waals surface area contributed by atoms with Crippen molar-refractivity contribution in [2.45, 2.75) is 19.4 Å². The Morgan fingerprint density at radius 2 is 1.95 bits per heavy atom. The van der Waals surface area contributed by atoms with E-state index in [4.69, 9.17) is 9.47 Å². The van der Waals surface area contributed by atoms with Gasteiger partial charge in [-0.3, -0.25) is 4.98 Å². The molecule has 2 heterocycles. The average Bonchev–Trinajstić information content (AvgIpc) is 2.77. The molecule has 0 aliphatic carbocycles. The number of aromatic nitrogens is 1. The van der Waals surface area contributed by atoms with Gasteiger partial charge in [0.15, 0.2) is 11.5 Å². The highest BCUT2D eigenvalue weighted by atomic mass is 16.5. The minimum atomic E-state index is 0.726. The van der Waals surface area contributed by atoms with Crippen molar-refractivity contribution in [3.63, 3.8) is 0 Å². The van der Waals surface area contributed by atoms with Crippen LogP contribution < -0.4 is 14.8 Å². The SMILES string of the molecule is c1ccc(CCNCc2ccc3c(c2)OCCCO3)nc1. The first-order chi connectivity index (χ1) is 10.4. The third kappa shape index (κ3) is 3.95. The van der Waals surface area contributed by atoms with Crippen molar-refractivity contribution in [3.05, 3.63) is 53.9 Å². The van der Waals surface area contributed by atoms with E-state index >= 15 is 0 Å². The Morgan fingerprint density at radius 1 is 1.05 bits per heavy atom. The van der Waals surface area contributed by atoms with Crippen molar-refractivity contribution in [2.75, 3.05) is 19.8 Å². The van der Waals surface area contributed by atoms with Gasteiger partial charge in [-0.05, 0) is 29.8 Å². The van der Waals surface area contributed by atoms with Crippen molar-refractivity contribution in [3.8, 4) is 11.5 Å². The molecule has 2 aromatic rings. The number of hydrogen-bond donors (Lipinski definition) is 1. The molecule has 21 heavy (non-hydrogen) atoms. The highest BCUT2D eigenvalue weighted by Gasteiger charge is 2.10. The van der Waals surface area contributed by atoms with Gasteiger partial charge in [0.25, 0.3) is 0 Å². The fourth-order valence-electron chi connectivity index (χ4n) is 2.31. The number of ether oxygens (including phenoxy) is 2. The molecule has 1 aromatic carbocycles. The topological polar surface area (TPSA) is 43.4 Å². The summed E-state index contributed by atoms with van der Waals surface area (Å²) in [5.74, 6) is 1.71. The molecule has 110 valence electrons. The quantitative estimate of drug-likeness (QED) is 0.857. The number of hydrogen-bond acceptors (Lipinski definition) is 4. The van der Waals surface area contributed by atoms with Crippen LogP contribution in [0.1, 0.15) is 17.7 Å². The Balaban J connectivity index is 1.50. The normalized spacial score (nSPS) is 13.7. The van der Waals surface area contributed by atoms with Gasteiger partial charge >= 0.3 is 0 Å². The maximum absolute atomic E-state index is 5.70. The zero-order chi connectivity index (χ0) is 14.3. The van der Waals surface area contributed by atoms with E-state index in [1.54, 1.807) is 0 Å². The molecule has 0 atom stereocenters. The molecule has 1 aliphatic rings. The molecule has 0 unspecified atom stereocenters. The number of benzene rings is 1. The summed E-state index contributed by atoms with van der Waals surface area (Å²) >= 11 is 0. The maximum atomic E-state index is 5.70. The van der Waals surface area contributed by atoms with Crippen molar-refractivity contribution in [1.29, 1.82) is 0 Å². The Hall–Kier alpha value is -2.07. The van der Waals surface area contributed by atoms with E-state index < -0.39 is 0 Å². The molecular weight excluding hydrogens is 264 g/mol. The summed E-state index contributed by atoms with van der Waals surface area (Å²) in [5.41, 5.74) is 2.32. The first-order valence-corrected chi connectivity index (χ1v) is 7.41. The lowest BCUT2D eigenvalue weighted by Crippen LogP contribution is -2.17. The first-order valence-electron chi connectivity index (χ1n) is 7.41. The largest absolute Gasteiger partial charge is 0.490 e. The predicted octanol–water partition coefficient (Wildman–Crippen LogP) is 2.58. The van der Waals surface area contributed by atoms with Gasteiger partial charge in [-0.15, -0.1) is 0 Å². The van der Waals surface area contributed by atoms with Crippen molar-refractivity contribution in [1.82, 2.24) is 10.3 Å². The zero-order valence-corrected chi connectivity index (χ0v) is 12.0. The molecule has 0 saturated heterocycles. The molecule has 0 radical (unpaired) electrons. The predicted molar refractivity (Wildman–Crippen MR) is 81.7 cm³/mol. The number of fused-ring (bicyclic) bond motifs is 1. The van der Waals surface area contributed by atoms with E-state index in [0.717, 1.165) is 56.3 Å². The van der Waals surface area contributed by atoms with E-state index in [2.05, 4.69) is 28.5 Å². The van der Waals surface area contributed by atoms with Gasteiger partial charge in [-0.1, -0.05) is 12.1 Å². The van der Waals surface area contributed by atoms with Crippen LogP contribution in [-0.4, -0.2) is 24.7 Å². The Bertz CT molecular complexity index is 572. The molecule has 0 fully saturated rings. The van der Waals surface area contributed by atoms with Crippen LogP contribution in [0.2, 0.25) is 0 Å². The van der Waals surface area contributed by atoms with Crippen LogP contribution in [-0.2, 0) is 13.0 Å². The van der Waals surface area contributed by atoms with Gasteiger partial charge in [-0.25, -0.2) is 0 Å². The Morgan fingerprint density at radius 3 is 2.81 bits per heavy atom. The summed E-state index contributed by atoms with van der Waals surface area (Å²) in [6.07, 6.45) is 3.71. The highest BCUT2D eigenvalue weighted by molar-refractivity contribution is 5.43. The molecular formula is C17H20N2O2. The monoisotopic (exact) mass is 284 g/mol. The van der Waals surface area contributed by atoms with Crippen molar-refractivity contribution < 1.29 is 9.47 Å². The second-order valence-corrected chi connectivity index (χ2v) is 5.08. The third-order valence-electron chi connectivity index (χ3n) is 3.43. The fourth-order valence-corrected chi connectivity index (χ4v) is 2.31. The highest BCUT2D eigenvalue weighted by Crippen LogP contribution is 2.30. The van der Waals surface area contributed by atoms with Crippen LogP contribution in [0.15, 0.2) is 42.6 Å². The molecule has 3 rings (SSSR count). The van der Waals surface area contributed by atoms with Crippen LogP contribution in [0.4, 0.5) is 0 Å². The van der Waals surface area contributed by atoms with Crippen LogP contribution in [0.5, 0.6) is 11.5 Å². The standard InChI is InChI=1S/C17H20N2O2/c1-2-8-19-15(4-1)7-9-18-13-14-5-6-16-17(12-14)21-11-3-10-20-16/h1-2,4-6,8,12,18H,3,7,9-11,13H2. The lowest BCUT2D eigenvalue weighted by atomic mass is 10.2. The second kappa shape index (κ2) is 7.09. The molecule has 0 saturated carbocycles. The van der Waals surface area contributed by atoms with Gasteiger partial charge in [0, 0.05) is 37.8 Å². The van der Waals surface area contributed by atoms with E-state index in [-0.39, 0.29) is 0 Å². The summed E-state index contributed by atoms with van der Waals surface area (Å²) in [4.78, 5) is 4.31. The summed E-state index contributed by atoms with van der Waals surface area (Å²) in [5, 5.41) is 3.44. The number of rotatable bonds is 5. The molecule has 0 spiro atoms. The lowest BCUT2D eigenvalue weighted by Gasteiger charge is -2.10. The lowest BCUT2D eigenvalue weighted by molar-refractivity contribution is 0.297. The summed E-state index contributed by atoms with van der Waals surface area (Å²) in [6.45, 7) is 3.19. The number of pyridine rings is 1. The molecule has 4 nitrogen and oxygen atoms in total. The zero-order valence-electron chi connectivity index (χ0n) is 12.0.